The maximum absolute atomic E-state index is 12.2. The summed E-state index contributed by atoms with van der Waals surface area (Å²) < 4.78 is 5.43. The van der Waals surface area contributed by atoms with Crippen LogP contribution in [0.15, 0.2) is 65.7 Å². The largest absolute Gasteiger partial charge is 0.453 e. The van der Waals surface area contributed by atoms with Gasteiger partial charge >= 0.3 is 5.97 Å². The number of hydrogen-bond donors (Lipinski definition) is 1. The molecule has 5 heteroatoms. The van der Waals surface area contributed by atoms with Gasteiger partial charge in [0.25, 0.3) is 0 Å². The van der Waals surface area contributed by atoms with Crippen molar-refractivity contribution in [1.82, 2.24) is 4.98 Å². The van der Waals surface area contributed by atoms with Gasteiger partial charge in [-0.15, -0.1) is 0 Å². The van der Waals surface area contributed by atoms with Crippen molar-refractivity contribution in [1.29, 1.82) is 0 Å². The van der Waals surface area contributed by atoms with E-state index in [0.29, 0.717) is 0 Å². The average molecular weight is 293 g/mol. The number of nitrogens with zero attached hydrogens (tertiary/aromatic N) is 2. The third-order valence-electron chi connectivity index (χ3n) is 3.31. The van der Waals surface area contributed by atoms with Crippen LogP contribution in [-0.2, 0) is 9.53 Å². The molecule has 0 bridgehead atoms. The number of carbonyl (C=O) groups excluding carboxylic acids is 1. The lowest BCUT2D eigenvalue weighted by Crippen LogP contribution is -2.11. The highest BCUT2D eigenvalue weighted by molar-refractivity contribution is 5.96. The first-order valence-corrected chi connectivity index (χ1v) is 6.95. The smallest absolute Gasteiger partial charge is 0.359 e. The van der Waals surface area contributed by atoms with Crippen molar-refractivity contribution in [2.75, 3.05) is 5.32 Å². The fourth-order valence-electron chi connectivity index (χ4n) is 2.08. The van der Waals surface area contributed by atoms with Gasteiger partial charge in [0.2, 0.25) is 0 Å². The van der Waals surface area contributed by atoms with Gasteiger partial charge in [0.15, 0.2) is 5.70 Å². The standard InChI is InChI=1S/C17H15N3O2/c1-12(13-6-4-8-18-9-13)22-17(21)16-11-20-15-7-3-2-5-14(15)10-19-16/h2-12,20H,1H3. The number of anilines is 1. The van der Waals surface area contributed by atoms with Gasteiger partial charge in [0.1, 0.15) is 6.10 Å². The number of esters is 1. The second-order valence-corrected chi connectivity index (χ2v) is 4.85. The number of pyridine rings is 1. The van der Waals surface area contributed by atoms with Crippen molar-refractivity contribution in [3.8, 4) is 0 Å². The Balaban J connectivity index is 1.73. The van der Waals surface area contributed by atoms with E-state index >= 15 is 0 Å². The topological polar surface area (TPSA) is 63.6 Å². The van der Waals surface area contributed by atoms with Gasteiger partial charge in [0.05, 0.1) is 0 Å². The molecule has 110 valence electrons. The van der Waals surface area contributed by atoms with Crippen LogP contribution in [0.25, 0.3) is 0 Å². The van der Waals surface area contributed by atoms with E-state index in [0.717, 1.165) is 16.8 Å². The molecule has 2 aromatic rings. The maximum Gasteiger partial charge on any atom is 0.359 e. The molecule has 22 heavy (non-hydrogen) atoms. The summed E-state index contributed by atoms with van der Waals surface area (Å²) >= 11 is 0. The van der Waals surface area contributed by atoms with Crippen LogP contribution < -0.4 is 5.32 Å². The van der Waals surface area contributed by atoms with Crippen LogP contribution in [0, 0.1) is 0 Å². The van der Waals surface area contributed by atoms with Gasteiger partial charge in [-0.1, -0.05) is 24.3 Å². The minimum absolute atomic E-state index is 0.229. The molecule has 1 aliphatic rings. The van der Waals surface area contributed by atoms with Crippen molar-refractivity contribution in [3.63, 3.8) is 0 Å². The van der Waals surface area contributed by atoms with Crippen LogP contribution in [0.2, 0.25) is 0 Å². The number of rotatable bonds is 3. The van der Waals surface area contributed by atoms with Crippen LogP contribution in [0.1, 0.15) is 24.2 Å². The van der Waals surface area contributed by atoms with Crippen LogP contribution in [0.5, 0.6) is 0 Å². The maximum atomic E-state index is 12.2. The van der Waals surface area contributed by atoms with Gasteiger partial charge in [-0.25, -0.2) is 9.79 Å². The monoisotopic (exact) mass is 293 g/mol. The highest BCUT2D eigenvalue weighted by atomic mass is 16.5. The summed E-state index contributed by atoms with van der Waals surface area (Å²) in [5.74, 6) is -0.479. The van der Waals surface area contributed by atoms with E-state index in [1.807, 2.05) is 30.3 Å². The summed E-state index contributed by atoms with van der Waals surface area (Å²) in [6.07, 6.45) is 6.18. The number of fused-ring (bicyclic) bond motifs is 1. The molecule has 5 nitrogen and oxygen atoms in total. The van der Waals surface area contributed by atoms with Gasteiger partial charge in [0, 0.05) is 41.6 Å². The number of aliphatic imine (C=N–C) groups is 1. The second-order valence-electron chi connectivity index (χ2n) is 4.85. The molecule has 0 saturated carbocycles. The molecule has 1 aliphatic heterocycles. The summed E-state index contributed by atoms with van der Waals surface area (Å²) in [5.41, 5.74) is 2.88. The summed E-state index contributed by atoms with van der Waals surface area (Å²) in [6.45, 7) is 1.80. The molecule has 2 heterocycles. The predicted octanol–water partition coefficient (Wildman–Crippen LogP) is 3.07. The quantitative estimate of drug-likeness (QED) is 0.883. The molecule has 1 atom stereocenters. The lowest BCUT2D eigenvalue weighted by atomic mass is 10.2. The minimum Gasteiger partial charge on any atom is -0.453 e. The zero-order valence-electron chi connectivity index (χ0n) is 12.1. The summed E-state index contributed by atoms with van der Waals surface area (Å²) in [6, 6.07) is 11.4. The molecule has 0 spiro atoms. The van der Waals surface area contributed by atoms with E-state index in [2.05, 4.69) is 15.3 Å². The highest BCUT2D eigenvalue weighted by Gasteiger charge is 2.17. The van der Waals surface area contributed by atoms with Gasteiger partial charge < -0.3 is 10.1 Å². The molecule has 0 fully saturated rings. The Morgan fingerprint density at radius 2 is 2.09 bits per heavy atom. The lowest BCUT2D eigenvalue weighted by molar-refractivity contribution is -0.143. The van der Waals surface area contributed by atoms with Crippen LogP contribution >= 0.6 is 0 Å². The number of para-hydroxylation sites is 1. The van der Waals surface area contributed by atoms with E-state index < -0.39 is 5.97 Å². The van der Waals surface area contributed by atoms with Crippen molar-refractivity contribution >= 4 is 17.9 Å². The number of nitrogens with one attached hydrogen (secondary N) is 1. The molecule has 0 radical (unpaired) electrons. The molecule has 1 unspecified atom stereocenters. The van der Waals surface area contributed by atoms with Gasteiger partial charge in [-0.3, -0.25) is 4.98 Å². The first-order valence-electron chi connectivity index (χ1n) is 6.95. The zero-order valence-corrected chi connectivity index (χ0v) is 12.1. The molecule has 0 aliphatic carbocycles. The Labute approximate surface area is 128 Å². The number of hydrogen-bond acceptors (Lipinski definition) is 5. The molecule has 1 aromatic heterocycles. The molecule has 1 aromatic carbocycles. The summed E-state index contributed by atoms with van der Waals surface area (Å²) in [5, 5.41) is 3.07. The van der Waals surface area contributed by atoms with Gasteiger partial charge in [-0.2, -0.15) is 0 Å². The van der Waals surface area contributed by atoms with E-state index in [1.54, 1.807) is 37.8 Å². The van der Waals surface area contributed by atoms with Crippen molar-refractivity contribution < 1.29 is 9.53 Å². The van der Waals surface area contributed by atoms with Crippen molar-refractivity contribution in [2.45, 2.75) is 13.0 Å². The minimum atomic E-state index is -0.479. The molecule has 0 amide bonds. The molecular formula is C17H15N3O2. The number of aromatic nitrogens is 1. The average Bonchev–Trinajstić information content (AvgIpc) is 2.78. The molecule has 1 N–H and O–H groups in total. The third kappa shape index (κ3) is 3.03. The highest BCUT2D eigenvalue weighted by Crippen LogP contribution is 2.20. The summed E-state index contributed by atoms with van der Waals surface area (Å²) in [4.78, 5) is 20.4. The third-order valence-corrected chi connectivity index (χ3v) is 3.31. The summed E-state index contributed by atoms with van der Waals surface area (Å²) in [7, 11) is 0. The molecule has 0 saturated heterocycles. The molecular weight excluding hydrogens is 278 g/mol. The SMILES string of the molecule is CC(OC(=O)C1=CNc2ccccc2C=N1)c1cccnc1. The molecule has 3 rings (SSSR count). The normalized spacial score (nSPS) is 14.1. The van der Waals surface area contributed by atoms with E-state index in [-0.39, 0.29) is 11.8 Å². The Morgan fingerprint density at radius 1 is 1.23 bits per heavy atom. The van der Waals surface area contributed by atoms with Crippen molar-refractivity contribution in [2.24, 2.45) is 4.99 Å². The first kappa shape index (κ1) is 14.0. The van der Waals surface area contributed by atoms with Gasteiger partial charge in [-0.05, 0) is 19.1 Å². The number of carbonyl (C=O) groups is 1. The fourth-order valence-corrected chi connectivity index (χ4v) is 2.08. The van der Waals surface area contributed by atoms with E-state index in [4.69, 9.17) is 4.74 Å². The van der Waals surface area contributed by atoms with Crippen molar-refractivity contribution in [3.05, 3.63) is 71.8 Å². The van der Waals surface area contributed by atoms with Crippen LogP contribution in [-0.4, -0.2) is 17.2 Å². The van der Waals surface area contributed by atoms with Crippen LogP contribution in [0.4, 0.5) is 5.69 Å². The Bertz CT molecular complexity index is 739. The lowest BCUT2D eigenvalue weighted by Gasteiger charge is -2.12. The number of benzene rings is 1. The zero-order chi connectivity index (χ0) is 15.4. The van der Waals surface area contributed by atoms with Crippen LogP contribution in [0.3, 0.4) is 0 Å². The number of ether oxygens (including phenoxy) is 1. The Morgan fingerprint density at radius 3 is 2.91 bits per heavy atom. The second kappa shape index (κ2) is 6.22. The fraction of sp³-hybridized carbons (Fsp3) is 0.118. The van der Waals surface area contributed by atoms with E-state index in [1.165, 1.54) is 0 Å². The predicted molar refractivity (Wildman–Crippen MR) is 84.5 cm³/mol. The first-order chi connectivity index (χ1) is 10.7. The van der Waals surface area contributed by atoms with E-state index in [9.17, 15) is 4.79 Å². The Hall–Kier alpha value is -2.95. The Kier molecular flexibility index (Phi) is 3.96.